The summed E-state index contributed by atoms with van der Waals surface area (Å²) >= 11 is 7.11. The van der Waals surface area contributed by atoms with Crippen LogP contribution >= 0.6 is 23.6 Å². The normalized spacial score (nSPS) is 16.1. The van der Waals surface area contributed by atoms with E-state index in [4.69, 9.17) is 12.2 Å². The lowest BCUT2D eigenvalue weighted by molar-refractivity contribution is 0.266. The Morgan fingerprint density at radius 2 is 1.85 bits per heavy atom. The third kappa shape index (κ3) is 5.14. The van der Waals surface area contributed by atoms with Gasteiger partial charge in [0, 0.05) is 36.5 Å². The summed E-state index contributed by atoms with van der Waals surface area (Å²) in [6, 6.07) is 13.5. The lowest BCUT2D eigenvalue weighted by Gasteiger charge is -2.34. The first-order chi connectivity index (χ1) is 12.5. The van der Waals surface area contributed by atoms with E-state index in [0.29, 0.717) is 37.8 Å². The first-order valence-corrected chi connectivity index (χ1v) is 11.1. The van der Waals surface area contributed by atoms with Gasteiger partial charge in [0.1, 0.15) is 0 Å². The molecule has 5 nitrogen and oxygen atoms in total. The Labute approximate surface area is 164 Å². The highest BCUT2D eigenvalue weighted by molar-refractivity contribution is 7.92. The number of thiophene rings is 1. The Bertz CT molecular complexity index is 841. The number of piperazine rings is 1. The van der Waals surface area contributed by atoms with Crippen LogP contribution in [0.4, 0.5) is 0 Å². The maximum Gasteiger partial charge on any atom is 0.236 e. The molecule has 1 saturated heterocycles. The summed E-state index contributed by atoms with van der Waals surface area (Å²) in [5.41, 5.74) is 0.869. The molecule has 1 aromatic carbocycles. The molecule has 0 amide bonds. The summed E-state index contributed by atoms with van der Waals surface area (Å²) in [6.07, 6.45) is 1.63. The van der Waals surface area contributed by atoms with Gasteiger partial charge < -0.3 is 10.2 Å². The van der Waals surface area contributed by atoms with Crippen molar-refractivity contribution in [2.24, 2.45) is 0 Å². The smallest absolute Gasteiger partial charge is 0.236 e. The Balaban J connectivity index is 1.50. The summed E-state index contributed by atoms with van der Waals surface area (Å²) in [5.74, 6) is 0. The van der Waals surface area contributed by atoms with E-state index < -0.39 is 10.0 Å². The van der Waals surface area contributed by atoms with Crippen LogP contribution in [0.25, 0.3) is 6.08 Å². The van der Waals surface area contributed by atoms with Crippen molar-refractivity contribution in [3.8, 4) is 0 Å². The lowest BCUT2D eigenvalue weighted by Crippen LogP contribution is -2.52. The first-order valence-electron chi connectivity index (χ1n) is 8.33. The van der Waals surface area contributed by atoms with Crippen molar-refractivity contribution < 1.29 is 8.42 Å². The molecular weight excluding hydrogens is 386 g/mol. The van der Waals surface area contributed by atoms with Gasteiger partial charge in [-0.15, -0.1) is 11.3 Å². The molecule has 26 heavy (non-hydrogen) atoms. The summed E-state index contributed by atoms with van der Waals surface area (Å²) in [6.45, 7) is 2.75. The van der Waals surface area contributed by atoms with Crippen LogP contribution in [-0.4, -0.2) is 48.9 Å². The largest absolute Gasteiger partial charge is 0.358 e. The predicted octanol–water partition coefficient (Wildman–Crippen LogP) is 2.74. The van der Waals surface area contributed by atoms with E-state index in [1.54, 1.807) is 17.4 Å². The number of sulfonamides is 1. The topological polar surface area (TPSA) is 52.7 Å². The van der Waals surface area contributed by atoms with Crippen molar-refractivity contribution in [2.75, 3.05) is 26.2 Å². The van der Waals surface area contributed by atoms with Crippen molar-refractivity contribution in [3.63, 3.8) is 0 Å². The predicted molar refractivity (Wildman–Crippen MR) is 111 cm³/mol. The van der Waals surface area contributed by atoms with Crippen molar-refractivity contribution in [1.82, 2.24) is 14.5 Å². The lowest BCUT2D eigenvalue weighted by atomic mass is 10.2. The molecule has 1 N–H and O–H groups in total. The molecule has 2 heterocycles. The second kappa shape index (κ2) is 8.77. The molecule has 2 aromatic rings. The highest BCUT2D eigenvalue weighted by atomic mass is 32.2. The van der Waals surface area contributed by atoms with Crippen LogP contribution in [0, 0.1) is 0 Å². The van der Waals surface area contributed by atoms with Gasteiger partial charge >= 0.3 is 0 Å². The first kappa shape index (κ1) is 19.0. The fourth-order valence-electron chi connectivity index (χ4n) is 2.65. The highest BCUT2D eigenvalue weighted by Crippen LogP contribution is 2.12. The zero-order valence-corrected chi connectivity index (χ0v) is 16.7. The van der Waals surface area contributed by atoms with E-state index in [1.807, 2.05) is 46.7 Å². The van der Waals surface area contributed by atoms with E-state index in [-0.39, 0.29) is 0 Å². The van der Waals surface area contributed by atoms with E-state index in [2.05, 4.69) is 11.4 Å². The molecule has 0 saturated carbocycles. The Morgan fingerprint density at radius 3 is 2.50 bits per heavy atom. The Hall–Kier alpha value is -1.74. The number of hydrogen-bond acceptors (Lipinski definition) is 4. The maximum atomic E-state index is 12.5. The van der Waals surface area contributed by atoms with Crippen LogP contribution in [0.5, 0.6) is 0 Å². The van der Waals surface area contributed by atoms with Crippen LogP contribution in [0.1, 0.15) is 10.4 Å². The minimum atomic E-state index is -3.41. The van der Waals surface area contributed by atoms with E-state index in [9.17, 15) is 8.42 Å². The van der Waals surface area contributed by atoms with Gasteiger partial charge in [-0.05, 0) is 35.3 Å². The zero-order valence-electron chi connectivity index (χ0n) is 14.2. The van der Waals surface area contributed by atoms with Gasteiger partial charge in [-0.3, -0.25) is 0 Å². The van der Waals surface area contributed by atoms with Crippen molar-refractivity contribution in [3.05, 3.63) is 63.7 Å². The van der Waals surface area contributed by atoms with Gasteiger partial charge in [0.25, 0.3) is 0 Å². The number of thiocarbonyl (C=S) groups is 1. The molecule has 138 valence electrons. The second-order valence-electron chi connectivity index (χ2n) is 5.88. The standard InChI is InChI=1S/C18H21N3O2S3/c22-26(23,14-8-16-5-2-1-3-6-16)21-11-9-20(10-12-21)18(24)19-15-17-7-4-13-25-17/h1-8,13-14H,9-12,15H2,(H,19,24)/b14-8+. The molecule has 1 aliphatic heterocycles. The fraction of sp³-hybridized carbons (Fsp3) is 0.278. The molecule has 0 unspecified atom stereocenters. The van der Waals surface area contributed by atoms with Crippen molar-refractivity contribution >= 4 is 44.8 Å². The van der Waals surface area contributed by atoms with Gasteiger partial charge in [-0.25, -0.2) is 8.42 Å². The van der Waals surface area contributed by atoms with E-state index >= 15 is 0 Å². The van der Waals surface area contributed by atoms with Crippen molar-refractivity contribution in [2.45, 2.75) is 6.54 Å². The van der Waals surface area contributed by atoms with Gasteiger partial charge in [-0.1, -0.05) is 36.4 Å². The Morgan fingerprint density at radius 1 is 1.12 bits per heavy atom. The van der Waals surface area contributed by atoms with Crippen LogP contribution in [-0.2, 0) is 16.6 Å². The highest BCUT2D eigenvalue weighted by Gasteiger charge is 2.26. The number of nitrogens with zero attached hydrogens (tertiary/aromatic N) is 2. The quantitative estimate of drug-likeness (QED) is 0.773. The molecule has 0 bridgehead atoms. The molecule has 3 rings (SSSR count). The van der Waals surface area contributed by atoms with Gasteiger partial charge in [0.05, 0.1) is 6.54 Å². The third-order valence-corrected chi connectivity index (χ3v) is 6.96. The van der Waals surface area contributed by atoms with Crippen LogP contribution in [0.3, 0.4) is 0 Å². The molecule has 8 heteroatoms. The molecular formula is C18H21N3O2S3. The van der Waals surface area contributed by atoms with Crippen molar-refractivity contribution in [1.29, 1.82) is 0 Å². The fourth-order valence-corrected chi connectivity index (χ4v) is 4.72. The van der Waals surface area contributed by atoms with Crippen LogP contribution < -0.4 is 5.32 Å². The summed E-state index contributed by atoms with van der Waals surface area (Å²) < 4.78 is 26.5. The molecule has 1 fully saturated rings. The Kier molecular flexibility index (Phi) is 6.42. The number of nitrogens with one attached hydrogen (secondary N) is 1. The minimum absolute atomic E-state index is 0.433. The third-order valence-electron chi connectivity index (χ3n) is 4.11. The van der Waals surface area contributed by atoms with Gasteiger partial charge in [-0.2, -0.15) is 4.31 Å². The minimum Gasteiger partial charge on any atom is -0.358 e. The monoisotopic (exact) mass is 407 g/mol. The molecule has 0 atom stereocenters. The SMILES string of the molecule is O=S(=O)(/C=C/c1ccccc1)N1CCN(C(=S)NCc2cccs2)CC1. The van der Waals surface area contributed by atoms with Gasteiger partial charge in [0.2, 0.25) is 10.0 Å². The van der Waals surface area contributed by atoms with Gasteiger partial charge in [0.15, 0.2) is 5.11 Å². The molecule has 0 spiro atoms. The molecule has 0 aliphatic carbocycles. The van der Waals surface area contributed by atoms with Crippen LogP contribution in [0.15, 0.2) is 53.3 Å². The molecule has 1 aliphatic rings. The summed E-state index contributed by atoms with van der Waals surface area (Å²) in [7, 11) is -3.41. The average Bonchev–Trinajstić information content (AvgIpc) is 3.19. The molecule has 0 radical (unpaired) electrons. The summed E-state index contributed by atoms with van der Waals surface area (Å²) in [4.78, 5) is 3.25. The molecule has 1 aromatic heterocycles. The van der Waals surface area contributed by atoms with E-state index in [1.165, 1.54) is 14.6 Å². The maximum absolute atomic E-state index is 12.5. The van der Waals surface area contributed by atoms with Crippen LogP contribution in [0.2, 0.25) is 0 Å². The van der Waals surface area contributed by atoms with E-state index in [0.717, 1.165) is 5.56 Å². The zero-order chi connectivity index (χ0) is 18.4. The number of rotatable bonds is 5. The number of benzene rings is 1. The summed E-state index contributed by atoms with van der Waals surface area (Å²) in [5, 5.41) is 7.23. The number of hydrogen-bond donors (Lipinski definition) is 1. The second-order valence-corrected chi connectivity index (χ2v) is 9.12. The average molecular weight is 408 g/mol.